The molecule has 0 saturated carbocycles. The number of benzene rings is 1. The van der Waals surface area contributed by atoms with Crippen LogP contribution in [-0.4, -0.2) is 11.6 Å². The van der Waals surface area contributed by atoms with E-state index in [9.17, 15) is 0 Å². The third kappa shape index (κ3) is 3.45. The van der Waals surface area contributed by atoms with Crippen molar-refractivity contribution in [3.05, 3.63) is 30.0 Å². The van der Waals surface area contributed by atoms with Crippen molar-refractivity contribution < 1.29 is 4.74 Å². The standard InChI is InChI=1S/C14H19N3OS/c1-3-4-8-18-12-7-5-6-11(9-12)13-10(2)16-14(17-15)19-13/h5-7,9H,3-4,8,15H2,1-2H3,(H,16,17). The lowest BCUT2D eigenvalue weighted by atomic mass is 10.1. The quantitative estimate of drug-likeness (QED) is 0.481. The first-order valence-corrected chi connectivity index (χ1v) is 7.23. The fourth-order valence-electron chi connectivity index (χ4n) is 1.79. The molecule has 1 heterocycles. The second-order valence-corrected chi connectivity index (χ2v) is 5.31. The molecule has 0 saturated heterocycles. The van der Waals surface area contributed by atoms with Gasteiger partial charge in [-0.05, 0) is 31.0 Å². The molecule has 3 N–H and O–H groups in total. The number of nitrogen functional groups attached to an aromatic ring is 1. The van der Waals surface area contributed by atoms with Crippen LogP contribution in [0.4, 0.5) is 5.13 Å². The number of nitrogens with one attached hydrogen (secondary N) is 1. The van der Waals surface area contributed by atoms with Crippen molar-refractivity contribution in [1.82, 2.24) is 4.98 Å². The fraction of sp³-hybridized carbons (Fsp3) is 0.357. The summed E-state index contributed by atoms with van der Waals surface area (Å²) in [6.45, 7) is 4.90. The molecular weight excluding hydrogens is 258 g/mol. The number of aromatic nitrogens is 1. The zero-order chi connectivity index (χ0) is 13.7. The molecule has 2 rings (SSSR count). The summed E-state index contributed by atoms with van der Waals surface area (Å²) in [4.78, 5) is 5.47. The molecule has 0 amide bonds. The van der Waals surface area contributed by atoms with Crippen molar-refractivity contribution in [2.75, 3.05) is 12.0 Å². The van der Waals surface area contributed by atoms with E-state index in [1.54, 1.807) is 11.3 Å². The molecule has 19 heavy (non-hydrogen) atoms. The lowest BCUT2D eigenvalue weighted by Crippen LogP contribution is -2.05. The van der Waals surface area contributed by atoms with Crippen molar-refractivity contribution in [3.8, 4) is 16.2 Å². The Bertz CT molecular complexity index is 539. The number of nitrogens with two attached hydrogens (primary N) is 1. The Hall–Kier alpha value is -1.59. The number of aryl methyl sites for hydroxylation is 1. The molecule has 5 heteroatoms. The normalized spacial score (nSPS) is 10.5. The minimum atomic E-state index is 0.727. The monoisotopic (exact) mass is 277 g/mol. The number of hydrogen-bond donors (Lipinski definition) is 2. The van der Waals surface area contributed by atoms with E-state index in [4.69, 9.17) is 10.6 Å². The van der Waals surface area contributed by atoms with Crippen LogP contribution in [0.3, 0.4) is 0 Å². The van der Waals surface area contributed by atoms with Gasteiger partial charge in [-0.1, -0.05) is 36.8 Å². The van der Waals surface area contributed by atoms with Gasteiger partial charge in [0.25, 0.3) is 0 Å². The molecule has 0 aliphatic heterocycles. The van der Waals surface area contributed by atoms with Gasteiger partial charge in [-0.15, -0.1) is 0 Å². The lowest BCUT2D eigenvalue weighted by molar-refractivity contribution is 0.309. The number of thiazole rings is 1. The van der Waals surface area contributed by atoms with E-state index in [0.29, 0.717) is 0 Å². The molecular formula is C14H19N3OS. The van der Waals surface area contributed by atoms with Crippen LogP contribution in [0.5, 0.6) is 5.75 Å². The third-order valence-electron chi connectivity index (χ3n) is 2.78. The Balaban J connectivity index is 2.19. The number of unbranched alkanes of at least 4 members (excludes halogenated alkanes) is 1. The minimum absolute atomic E-state index is 0.727. The molecule has 4 nitrogen and oxygen atoms in total. The highest BCUT2D eigenvalue weighted by molar-refractivity contribution is 7.19. The number of hydrogen-bond acceptors (Lipinski definition) is 5. The first kappa shape index (κ1) is 13.8. The van der Waals surface area contributed by atoms with Crippen molar-refractivity contribution in [1.29, 1.82) is 0 Å². The Kier molecular flexibility index (Phi) is 4.76. The first-order valence-electron chi connectivity index (χ1n) is 6.42. The van der Waals surface area contributed by atoms with Crippen LogP contribution < -0.4 is 16.0 Å². The van der Waals surface area contributed by atoms with Crippen LogP contribution in [0.2, 0.25) is 0 Å². The Morgan fingerprint density at radius 1 is 1.42 bits per heavy atom. The summed E-state index contributed by atoms with van der Waals surface area (Å²) in [5.74, 6) is 6.30. The smallest absolute Gasteiger partial charge is 0.197 e. The Morgan fingerprint density at radius 2 is 2.26 bits per heavy atom. The van der Waals surface area contributed by atoms with E-state index in [-0.39, 0.29) is 0 Å². The van der Waals surface area contributed by atoms with Gasteiger partial charge < -0.3 is 4.74 Å². The van der Waals surface area contributed by atoms with E-state index in [2.05, 4.69) is 29.5 Å². The van der Waals surface area contributed by atoms with Crippen LogP contribution in [0.15, 0.2) is 24.3 Å². The van der Waals surface area contributed by atoms with Crippen molar-refractivity contribution >= 4 is 16.5 Å². The predicted molar refractivity (Wildman–Crippen MR) is 80.5 cm³/mol. The predicted octanol–water partition coefficient (Wildman–Crippen LogP) is 3.58. The molecule has 0 unspecified atom stereocenters. The fourth-order valence-corrected chi connectivity index (χ4v) is 2.66. The van der Waals surface area contributed by atoms with Gasteiger partial charge >= 0.3 is 0 Å². The van der Waals surface area contributed by atoms with Crippen LogP contribution >= 0.6 is 11.3 Å². The zero-order valence-electron chi connectivity index (χ0n) is 11.3. The second-order valence-electron chi connectivity index (χ2n) is 4.31. The Labute approximate surface area is 117 Å². The number of hydrazine groups is 1. The summed E-state index contributed by atoms with van der Waals surface area (Å²) in [7, 11) is 0. The summed E-state index contributed by atoms with van der Waals surface area (Å²) in [5.41, 5.74) is 4.68. The van der Waals surface area contributed by atoms with Crippen LogP contribution in [0.25, 0.3) is 10.4 Å². The molecule has 0 bridgehead atoms. The molecule has 0 spiro atoms. The van der Waals surface area contributed by atoms with Gasteiger partial charge in [0.05, 0.1) is 17.2 Å². The maximum absolute atomic E-state index is 5.73. The molecule has 102 valence electrons. The van der Waals surface area contributed by atoms with Crippen molar-refractivity contribution in [3.63, 3.8) is 0 Å². The van der Waals surface area contributed by atoms with Gasteiger partial charge in [0, 0.05) is 0 Å². The first-order chi connectivity index (χ1) is 9.24. The third-order valence-corrected chi connectivity index (χ3v) is 3.92. The van der Waals surface area contributed by atoms with Crippen molar-refractivity contribution in [2.45, 2.75) is 26.7 Å². The zero-order valence-corrected chi connectivity index (χ0v) is 12.1. The van der Waals surface area contributed by atoms with Gasteiger partial charge in [0.15, 0.2) is 5.13 Å². The summed E-state index contributed by atoms with van der Waals surface area (Å²) in [6.07, 6.45) is 2.21. The number of anilines is 1. The molecule has 2 aromatic rings. The van der Waals surface area contributed by atoms with Crippen LogP contribution in [0.1, 0.15) is 25.5 Å². The van der Waals surface area contributed by atoms with E-state index < -0.39 is 0 Å². The summed E-state index contributed by atoms with van der Waals surface area (Å²) >= 11 is 1.55. The van der Waals surface area contributed by atoms with E-state index in [1.165, 1.54) is 0 Å². The van der Waals surface area contributed by atoms with Crippen LogP contribution in [0, 0.1) is 6.92 Å². The van der Waals surface area contributed by atoms with Gasteiger partial charge in [-0.2, -0.15) is 0 Å². The molecule has 1 aromatic carbocycles. The molecule has 0 aliphatic carbocycles. The minimum Gasteiger partial charge on any atom is -0.494 e. The highest BCUT2D eigenvalue weighted by Gasteiger charge is 2.09. The SMILES string of the molecule is CCCCOc1cccc(-c2sc(NN)nc2C)c1. The summed E-state index contributed by atoms with van der Waals surface area (Å²) in [6, 6.07) is 8.10. The van der Waals surface area contributed by atoms with Gasteiger partial charge in [0.2, 0.25) is 0 Å². The Morgan fingerprint density at radius 3 is 2.95 bits per heavy atom. The molecule has 0 atom stereocenters. The van der Waals surface area contributed by atoms with E-state index in [1.807, 2.05) is 19.1 Å². The van der Waals surface area contributed by atoms with E-state index in [0.717, 1.165) is 46.5 Å². The molecule has 0 fully saturated rings. The van der Waals surface area contributed by atoms with Gasteiger partial charge in [-0.25, -0.2) is 10.8 Å². The van der Waals surface area contributed by atoms with E-state index >= 15 is 0 Å². The largest absolute Gasteiger partial charge is 0.494 e. The molecule has 0 aliphatic rings. The molecule has 1 aromatic heterocycles. The maximum atomic E-state index is 5.73. The summed E-state index contributed by atoms with van der Waals surface area (Å²) < 4.78 is 5.73. The van der Waals surface area contributed by atoms with Crippen molar-refractivity contribution in [2.24, 2.45) is 5.84 Å². The maximum Gasteiger partial charge on any atom is 0.197 e. The number of ether oxygens (including phenoxy) is 1. The summed E-state index contributed by atoms with van der Waals surface area (Å²) in [5, 5.41) is 0.727. The average molecular weight is 277 g/mol. The second kappa shape index (κ2) is 6.54. The highest BCUT2D eigenvalue weighted by Crippen LogP contribution is 2.33. The highest BCUT2D eigenvalue weighted by atomic mass is 32.1. The van der Waals surface area contributed by atoms with Crippen LogP contribution in [-0.2, 0) is 0 Å². The van der Waals surface area contributed by atoms with Gasteiger partial charge in [0.1, 0.15) is 5.75 Å². The molecule has 0 radical (unpaired) electrons. The number of nitrogens with zero attached hydrogens (tertiary/aromatic N) is 1. The topological polar surface area (TPSA) is 60.2 Å². The lowest BCUT2D eigenvalue weighted by Gasteiger charge is -2.06. The number of rotatable bonds is 6. The van der Waals surface area contributed by atoms with Gasteiger partial charge in [-0.3, -0.25) is 5.43 Å². The average Bonchev–Trinajstić information content (AvgIpc) is 2.81.